The van der Waals surface area contributed by atoms with Crippen LogP contribution < -0.4 is 26.2 Å². The quantitative estimate of drug-likeness (QED) is 0.284. The lowest BCUT2D eigenvalue weighted by Gasteiger charge is -2.36. The predicted octanol–water partition coefficient (Wildman–Crippen LogP) is 2.97. The fourth-order valence-electron chi connectivity index (χ4n) is 4.93. The number of nitrogens with one attached hydrogen (secondary N) is 2. The van der Waals surface area contributed by atoms with Crippen LogP contribution in [0.25, 0.3) is 24.0 Å². The number of anilines is 3. The molecule has 1 fully saturated rings. The number of fused-ring (bicyclic) bond motifs is 1. The van der Waals surface area contributed by atoms with Gasteiger partial charge in [-0.15, -0.1) is 5.10 Å². The number of allylic oxidation sites excluding steroid dienone is 1. The molecule has 0 spiro atoms. The van der Waals surface area contributed by atoms with Crippen molar-refractivity contribution in [3.63, 3.8) is 0 Å². The molecule has 5 rings (SSSR count). The first-order valence-electron chi connectivity index (χ1n) is 13.8. The van der Waals surface area contributed by atoms with Crippen LogP contribution in [-0.4, -0.2) is 69.2 Å². The minimum absolute atomic E-state index is 0.516. The molecular formula is C31H37N9. The number of hydrogen-bond acceptors (Lipinski definition) is 8. The van der Waals surface area contributed by atoms with Crippen LogP contribution in [0, 0.1) is 0 Å². The van der Waals surface area contributed by atoms with E-state index in [1.165, 1.54) is 11.3 Å². The minimum atomic E-state index is 0.516. The molecule has 3 heterocycles. The summed E-state index contributed by atoms with van der Waals surface area (Å²) < 4.78 is 1.60. The molecule has 0 radical (unpaired) electrons. The van der Waals surface area contributed by atoms with Gasteiger partial charge in [-0.2, -0.15) is 4.52 Å². The SMILES string of the molecule is C=C/C=c1\c(=C)nc(Nc2ccc(C(=C)NCCCN3CCN(c4ccc(CC)cc4)CC3)cc2)c2nnnn12. The van der Waals surface area contributed by atoms with E-state index in [1.807, 2.05) is 24.3 Å². The molecule has 1 aliphatic heterocycles. The molecule has 1 aliphatic rings. The summed E-state index contributed by atoms with van der Waals surface area (Å²) >= 11 is 0. The summed E-state index contributed by atoms with van der Waals surface area (Å²) in [6, 6.07) is 17.1. The standard InChI is InChI=1S/C31H37N9/c1-5-8-29-24(4)33-30(31-35-36-37-40(29)31)34-27-13-11-26(12-14-27)23(3)32-17-7-18-38-19-21-39(22-20-38)28-15-9-25(6-2)10-16-28/h5,8-16,32H,1,3-4,6-7,17-22H2,2H3,(H,33,34)/b29-8+. The topological polar surface area (TPSA) is 86.5 Å². The smallest absolute Gasteiger partial charge is 0.222 e. The van der Waals surface area contributed by atoms with Crippen LogP contribution in [0.3, 0.4) is 0 Å². The van der Waals surface area contributed by atoms with Crippen molar-refractivity contribution >= 4 is 41.2 Å². The summed E-state index contributed by atoms with van der Waals surface area (Å²) in [5, 5.41) is 20.0. The summed E-state index contributed by atoms with van der Waals surface area (Å²) in [6.07, 6.45) is 5.60. The Morgan fingerprint density at radius 1 is 1.02 bits per heavy atom. The molecule has 0 aliphatic carbocycles. The van der Waals surface area contributed by atoms with Gasteiger partial charge in [-0.25, -0.2) is 4.98 Å². The molecule has 0 bridgehead atoms. The number of benzene rings is 2. The van der Waals surface area contributed by atoms with Crippen molar-refractivity contribution in [3.8, 4) is 0 Å². The highest BCUT2D eigenvalue weighted by Gasteiger charge is 2.17. The lowest BCUT2D eigenvalue weighted by Crippen LogP contribution is -2.46. The molecule has 40 heavy (non-hydrogen) atoms. The zero-order valence-corrected chi connectivity index (χ0v) is 23.2. The maximum atomic E-state index is 4.56. The van der Waals surface area contributed by atoms with E-state index in [4.69, 9.17) is 0 Å². The van der Waals surface area contributed by atoms with E-state index in [0.717, 1.165) is 69.1 Å². The molecular weight excluding hydrogens is 498 g/mol. The molecule has 0 saturated carbocycles. The largest absolute Gasteiger partial charge is 0.385 e. The molecule has 9 heteroatoms. The number of aryl methyl sites for hydroxylation is 1. The van der Waals surface area contributed by atoms with Crippen molar-refractivity contribution in [1.82, 2.24) is 35.2 Å². The Labute approximate surface area is 235 Å². The highest BCUT2D eigenvalue weighted by molar-refractivity contribution is 5.71. The molecule has 0 unspecified atom stereocenters. The number of hydrogen-bond donors (Lipinski definition) is 2. The van der Waals surface area contributed by atoms with Crippen molar-refractivity contribution in [3.05, 3.63) is 89.6 Å². The number of nitrogens with zero attached hydrogens (tertiary/aromatic N) is 7. The average Bonchev–Trinajstić information content (AvgIpc) is 3.48. The van der Waals surface area contributed by atoms with Gasteiger partial charge in [0.2, 0.25) is 5.65 Å². The van der Waals surface area contributed by atoms with Crippen LogP contribution in [0.1, 0.15) is 24.5 Å². The van der Waals surface area contributed by atoms with Gasteiger partial charge >= 0.3 is 0 Å². The Morgan fingerprint density at radius 2 is 1.77 bits per heavy atom. The number of aromatic nitrogens is 5. The molecule has 1 saturated heterocycles. The van der Waals surface area contributed by atoms with Crippen molar-refractivity contribution < 1.29 is 0 Å². The summed E-state index contributed by atoms with van der Waals surface area (Å²) in [6.45, 7) is 20.5. The summed E-state index contributed by atoms with van der Waals surface area (Å²) in [4.78, 5) is 9.60. The van der Waals surface area contributed by atoms with Crippen molar-refractivity contribution in [2.24, 2.45) is 0 Å². The van der Waals surface area contributed by atoms with E-state index in [9.17, 15) is 0 Å². The number of piperazine rings is 1. The minimum Gasteiger partial charge on any atom is -0.385 e. The molecule has 4 aromatic rings. The van der Waals surface area contributed by atoms with Crippen LogP contribution in [0.15, 0.2) is 67.8 Å². The van der Waals surface area contributed by atoms with E-state index in [-0.39, 0.29) is 0 Å². The van der Waals surface area contributed by atoms with Gasteiger partial charge in [-0.05, 0) is 71.3 Å². The first-order valence-corrected chi connectivity index (χ1v) is 13.8. The van der Waals surface area contributed by atoms with Gasteiger partial charge in [0, 0.05) is 49.8 Å². The van der Waals surface area contributed by atoms with Gasteiger partial charge < -0.3 is 15.5 Å². The Hall–Kier alpha value is -4.50. The Bertz CT molecular complexity index is 1560. The number of rotatable bonds is 11. The van der Waals surface area contributed by atoms with Crippen LogP contribution in [0.2, 0.25) is 0 Å². The Kier molecular flexibility index (Phi) is 8.51. The molecule has 2 aromatic heterocycles. The third kappa shape index (κ3) is 6.21. The lowest BCUT2D eigenvalue weighted by molar-refractivity contribution is 0.255. The van der Waals surface area contributed by atoms with Crippen molar-refractivity contribution in [2.75, 3.05) is 49.5 Å². The predicted molar refractivity (Wildman–Crippen MR) is 164 cm³/mol. The van der Waals surface area contributed by atoms with Crippen LogP contribution in [0.5, 0.6) is 0 Å². The molecule has 0 amide bonds. The second-order valence-electron chi connectivity index (χ2n) is 9.92. The van der Waals surface area contributed by atoms with Gasteiger partial charge in [-0.1, -0.05) is 57.0 Å². The highest BCUT2D eigenvalue weighted by atomic mass is 15.5. The zero-order chi connectivity index (χ0) is 27.9. The van der Waals surface area contributed by atoms with Crippen LogP contribution in [0.4, 0.5) is 17.2 Å². The van der Waals surface area contributed by atoms with Gasteiger partial charge in [0.25, 0.3) is 0 Å². The van der Waals surface area contributed by atoms with Gasteiger partial charge in [-0.3, -0.25) is 4.90 Å². The van der Waals surface area contributed by atoms with Gasteiger partial charge in [0.1, 0.15) is 0 Å². The van der Waals surface area contributed by atoms with E-state index in [1.54, 1.807) is 16.7 Å². The van der Waals surface area contributed by atoms with Crippen LogP contribution >= 0.6 is 0 Å². The molecule has 2 aromatic carbocycles. The zero-order valence-electron chi connectivity index (χ0n) is 23.2. The maximum absolute atomic E-state index is 4.56. The second-order valence-corrected chi connectivity index (χ2v) is 9.92. The molecule has 9 nitrogen and oxygen atoms in total. The van der Waals surface area contributed by atoms with E-state index >= 15 is 0 Å². The van der Waals surface area contributed by atoms with Crippen LogP contribution in [-0.2, 0) is 6.42 Å². The number of tetrazole rings is 1. The van der Waals surface area contributed by atoms with E-state index in [2.05, 4.69) is 91.9 Å². The fourth-order valence-corrected chi connectivity index (χ4v) is 4.93. The van der Waals surface area contributed by atoms with Crippen molar-refractivity contribution in [2.45, 2.75) is 19.8 Å². The average molecular weight is 536 g/mol. The van der Waals surface area contributed by atoms with E-state index < -0.39 is 0 Å². The van der Waals surface area contributed by atoms with E-state index in [0.29, 0.717) is 22.2 Å². The van der Waals surface area contributed by atoms with Gasteiger partial charge in [0.05, 0.1) is 10.7 Å². The first-order chi connectivity index (χ1) is 19.6. The Balaban J connectivity index is 1.08. The maximum Gasteiger partial charge on any atom is 0.222 e. The second kappa shape index (κ2) is 12.6. The first kappa shape index (κ1) is 27.1. The summed E-state index contributed by atoms with van der Waals surface area (Å²) in [5.74, 6) is 0.538. The molecule has 0 atom stereocenters. The molecule has 206 valence electrons. The Morgan fingerprint density at radius 3 is 2.48 bits per heavy atom. The van der Waals surface area contributed by atoms with Crippen molar-refractivity contribution in [1.29, 1.82) is 0 Å². The lowest BCUT2D eigenvalue weighted by atomic mass is 10.1. The fraction of sp³-hybridized carbons (Fsp3) is 0.290. The third-order valence-corrected chi connectivity index (χ3v) is 7.30. The normalized spacial score (nSPS) is 14.4. The van der Waals surface area contributed by atoms with Gasteiger partial charge in [0.15, 0.2) is 5.82 Å². The third-order valence-electron chi connectivity index (χ3n) is 7.30. The molecule has 2 N–H and O–H groups in total. The highest BCUT2D eigenvalue weighted by Crippen LogP contribution is 2.20. The summed E-state index contributed by atoms with van der Waals surface area (Å²) in [5.41, 5.74) is 6.08. The summed E-state index contributed by atoms with van der Waals surface area (Å²) in [7, 11) is 0. The monoisotopic (exact) mass is 535 g/mol.